The van der Waals surface area contributed by atoms with Crippen LogP contribution in [0.2, 0.25) is 0 Å². The van der Waals surface area contributed by atoms with Crippen molar-refractivity contribution in [2.45, 2.75) is 13.8 Å². The maximum Gasteiger partial charge on any atom is 0.258 e. The molecule has 3 rings (SSSR count). The highest BCUT2D eigenvalue weighted by Crippen LogP contribution is 2.18. The molecule has 3 aromatic rings. The van der Waals surface area contributed by atoms with Crippen molar-refractivity contribution in [1.82, 2.24) is 24.8 Å². The van der Waals surface area contributed by atoms with Crippen molar-refractivity contribution >= 4 is 11.7 Å². The van der Waals surface area contributed by atoms with Gasteiger partial charge in [0.25, 0.3) is 5.91 Å². The van der Waals surface area contributed by atoms with Gasteiger partial charge in [-0.25, -0.2) is 15.0 Å². The summed E-state index contributed by atoms with van der Waals surface area (Å²) in [5, 5.41) is 5.96. The van der Waals surface area contributed by atoms with E-state index in [1.54, 1.807) is 31.6 Å². The number of imidazole rings is 1. The molecule has 1 aromatic carbocycles. The van der Waals surface area contributed by atoms with E-state index in [0.717, 1.165) is 17.2 Å². The van der Waals surface area contributed by atoms with E-state index in [1.807, 2.05) is 30.5 Å². The second kappa shape index (κ2) is 9.54. The predicted octanol–water partition coefficient (Wildman–Crippen LogP) is 1.89. The van der Waals surface area contributed by atoms with Gasteiger partial charge in [-0.1, -0.05) is 6.07 Å². The minimum absolute atomic E-state index is 0.0654. The zero-order valence-corrected chi connectivity index (χ0v) is 16.7. The van der Waals surface area contributed by atoms with Gasteiger partial charge in [-0.2, -0.15) is 0 Å². The number of amides is 1. The highest BCUT2D eigenvalue weighted by molar-refractivity contribution is 5.77. The van der Waals surface area contributed by atoms with E-state index < -0.39 is 0 Å². The summed E-state index contributed by atoms with van der Waals surface area (Å²) in [6.07, 6.45) is 3.23. The SMILES string of the molecule is COc1cccc(OCC(=O)NCCNc2cc(-n3cnc(C)c3C)ncn2)c1. The molecule has 0 aliphatic rings. The lowest BCUT2D eigenvalue weighted by atomic mass is 10.3. The molecule has 0 spiro atoms. The molecule has 0 saturated carbocycles. The summed E-state index contributed by atoms with van der Waals surface area (Å²) in [5.41, 5.74) is 1.98. The summed E-state index contributed by atoms with van der Waals surface area (Å²) in [4.78, 5) is 24.7. The van der Waals surface area contributed by atoms with Crippen LogP contribution in [0.5, 0.6) is 11.5 Å². The maximum absolute atomic E-state index is 11.9. The largest absolute Gasteiger partial charge is 0.497 e. The number of rotatable bonds is 9. The third-order valence-electron chi connectivity index (χ3n) is 4.32. The fourth-order valence-electron chi connectivity index (χ4n) is 2.59. The van der Waals surface area contributed by atoms with Gasteiger partial charge in [-0.15, -0.1) is 0 Å². The lowest BCUT2D eigenvalue weighted by Crippen LogP contribution is -2.32. The molecule has 0 saturated heterocycles. The second-order valence-electron chi connectivity index (χ2n) is 6.29. The molecule has 1 amide bonds. The number of nitrogens with one attached hydrogen (secondary N) is 2. The Morgan fingerprint density at radius 1 is 1.10 bits per heavy atom. The number of hydrogen-bond donors (Lipinski definition) is 2. The van der Waals surface area contributed by atoms with Gasteiger partial charge in [0.2, 0.25) is 0 Å². The maximum atomic E-state index is 11.9. The van der Waals surface area contributed by atoms with Gasteiger partial charge in [-0.05, 0) is 26.0 Å². The van der Waals surface area contributed by atoms with Crippen LogP contribution in [0.3, 0.4) is 0 Å². The topological polar surface area (TPSA) is 103 Å². The van der Waals surface area contributed by atoms with Crippen LogP contribution in [0.4, 0.5) is 5.82 Å². The summed E-state index contributed by atoms with van der Waals surface area (Å²) < 4.78 is 12.5. The first-order valence-corrected chi connectivity index (χ1v) is 9.17. The van der Waals surface area contributed by atoms with Gasteiger partial charge in [0, 0.05) is 30.9 Å². The fourth-order valence-corrected chi connectivity index (χ4v) is 2.59. The van der Waals surface area contributed by atoms with Crippen molar-refractivity contribution in [3.63, 3.8) is 0 Å². The van der Waals surface area contributed by atoms with Crippen LogP contribution in [0.1, 0.15) is 11.4 Å². The molecule has 0 radical (unpaired) electrons. The minimum atomic E-state index is -0.206. The molecular weight excluding hydrogens is 372 g/mol. The Morgan fingerprint density at radius 3 is 2.69 bits per heavy atom. The zero-order valence-electron chi connectivity index (χ0n) is 16.7. The van der Waals surface area contributed by atoms with Gasteiger partial charge < -0.3 is 20.1 Å². The third kappa shape index (κ3) is 5.44. The van der Waals surface area contributed by atoms with E-state index >= 15 is 0 Å². The smallest absolute Gasteiger partial charge is 0.258 e. The molecule has 2 aromatic heterocycles. The molecule has 0 bridgehead atoms. The van der Waals surface area contributed by atoms with Crippen molar-refractivity contribution in [3.05, 3.63) is 54.4 Å². The lowest BCUT2D eigenvalue weighted by molar-refractivity contribution is -0.123. The first-order valence-electron chi connectivity index (χ1n) is 9.17. The second-order valence-corrected chi connectivity index (χ2v) is 6.29. The molecule has 2 N–H and O–H groups in total. The van der Waals surface area contributed by atoms with Crippen molar-refractivity contribution in [2.75, 3.05) is 32.1 Å². The lowest BCUT2D eigenvalue weighted by Gasteiger charge is -2.10. The Kier molecular flexibility index (Phi) is 6.62. The molecule has 0 unspecified atom stereocenters. The van der Waals surface area contributed by atoms with E-state index in [1.165, 1.54) is 6.33 Å². The number of ether oxygens (including phenoxy) is 2. The molecule has 0 aliphatic carbocycles. The van der Waals surface area contributed by atoms with E-state index in [-0.39, 0.29) is 12.5 Å². The van der Waals surface area contributed by atoms with Gasteiger partial charge in [-0.3, -0.25) is 9.36 Å². The Morgan fingerprint density at radius 2 is 1.93 bits per heavy atom. The van der Waals surface area contributed by atoms with Crippen molar-refractivity contribution in [3.8, 4) is 17.3 Å². The number of nitrogens with zero attached hydrogens (tertiary/aromatic N) is 4. The Balaban J connectivity index is 1.42. The third-order valence-corrected chi connectivity index (χ3v) is 4.32. The number of carbonyl (C=O) groups is 1. The van der Waals surface area contributed by atoms with Gasteiger partial charge >= 0.3 is 0 Å². The van der Waals surface area contributed by atoms with E-state index in [4.69, 9.17) is 9.47 Å². The van der Waals surface area contributed by atoms with Gasteiger partial charge in [0.1, 0.15) is 35.8 Å². The van der Waals surface area contributed by atoms with Gasteiger partial charge in [0.15, 0.2) is 6.61 Å². The molecule has 0 aliphatic heterocycles. The molecule has 9 nitrogen and oxygen atoms in total. The van der Waals surface area contributed by atoms with Gasteiger partial charge in [0.05, 0.1) is 12.8 Å². The molecule has 152 valence electrons. The Labute approximate surface area is 169 Å². The van der Waals surface area contributed by atoms with E-state index in [0.29, 0.717) is 30.4 Å². The van der Waals surface area contributed by atoms with E-state index in [2.05, 4.69) is 25.6 Å². The van der Waals surface area contributed by atoms with Crippen LogP contribution >= 0.6 is 0 Å². The van der Waals surface area contributed by atoms with Crippen LogP contribution in [-0.2, 0) is 4.79 Å². The Hall–Kier alpha value is -3.62. The standard InChI is InChI=1S/C20H24N6O3/c1-14-15(2)26(13-25-14)19-10-18(23-12-24-19)21-7-8-22-20(27)11-29-17-6-4-5-16(9-17)28-3/h4-6,9-10,12-13H,7-8,11H2,1-3H3,(H,22,27)(H,21,23,24). The average molecular weight is 396 g/mol. The number of methoxy groups -OCH3 is 1. The normalized spacial score (nSPS) is 10.4. The van der Waals surface area contributed by atoms with Crippen LogP contribution in [0, 0.1) is 13.8 Å². The van der Waals surface area contributed by atoms with Crippen LogP contribution in [-0.4, -0.2) is 52.2 Å². The van der Waals surface area contributed by atoms with Crippen molar-refractivity contribution < 1.29 is 14.3 Å². The monoisotopic (exact) mass is 396 g/mol. The highest BCUT2D eigenvalue weighted by Gasteiger charge is 2.07. The number of anilines is 1. The number of aromatic nitrogens is 4. The molecule has 9 heteroatoms. The molecule has 29 heavy (non-hydrogen) atoms. The number of carbonyl (C=O) groups excluding carboxylic acids is 1. The number of aryl methyl sites for hydroxylation is 1. The molecule has 0 fully saturated rings. The first-order chi connectivity index (χ1) is 14.1. The summed E-state index contributed by atoms with van der Waals surface area (Å²) in [7, 11) is 1.58. The number of hydrogen-bond acceptors (Lipinski definition) is 7. The van der Waals surface area contributed by atoms with Crippen LogP contribution < -0.4 is 20.1 Å². The minimum Gasteiger partial charge on any atom is -0.497 e. The summed E-state index contributed by atoms with van der Waals surface area (Å²) in [5.74, 6) is 2.45. The summed E-state index contributed by atoms with van der Waals surface area (Å²) >= 11 is 0. The van der Waals surface area contributed by atoms with Crippen molar-refractivity contribution in [1.29, 1.82) is 0 Å². The Bertz CT molecular complexity index is 972. The number of benzene rings is 1. The molecule has 0 atom stereocenters. The predicted molar refractivity (Wildman–Crippen MR) is 109 cm³/mol. The molecule has 2 heterocycles. The zero-order chi connectivity index (χ0) is 20.6. The quantitative estimate of drug-likeness (QED) is 0.533. The van der Waals surface area contributed by atoms with Crippen molar-refractivity contribution in [2.24, 2.45) is 0 Å². The highest BCUT2D eigenvalue weighted by atomic mass is 16.5. The summed E-state index contributed by atoms with van der Waals surface area (Å²) in [6.45, 7) is 4.82. The van der Waals surface area contributed by atoms with Crippen LogP contribution in [0.25, 0.3) is 5.82 Å². The fraction of sp³-hybridized carbons (Fsp3) is 0.300. The molecular formula is C20H24N6O3. The van der Waals surface area contributed by atoms with Crippen LogP contribution in [0.15, 0.2) is 43.0 Å². The first kappa shape index (κ1) is 20.1. The summed E-state index contributed by atoms with van der Waals surface area (Å²) in [6, 6.07) is 8.95. The average Bonchev–Trinajstić information content (AvgIpc) is 3.08. The van der Waals surface area contributed by atoms with E-state index in [9.17, 15) is 4.79 Å².